The van der Waals surface area contributed by atoms with Crippen LogP contribution in [0.25, 0.3) is 0 Å². The Hall–Kier alpha value is -2.63. The molecule has 2 aromatic rings. The number of aromatic nitrogens is 2. The van der Waals surface area contributed by atoms with Gasteiger partial charge in [-0.3, -0.25) is 14.7 Å². The Bertz CT molecular complexity index is 691. The Kier molecular flexibility index (Phi) is 4.60. The number of amides is 1. The van der Waals surface area contributed by atoms with Crippen molar-refractivity contribution in [1.29, 1.82) is 0 Å². The lowest BCUT2D eigenvalue weighted by Gasteiger charge is -2.09. The van der Waals surface area contributed by atoms with Crippen molar-refractivity contribution in [3.05, 3.63) is 47.3 Å². The van der Waals surface area contributed by atoms with E-state index in [0.717, 1.165) is 5.69 Å². The number of hydrogen-bond donors (Lipinski definition) is 3. The number of anilines is 1. The van der Waals surface area contributed by atoms with Crippen LogP contribution in [-0.4, -0.2) is 27.2 Å². The van der Waals surface area contributed by atoms with Gasteiger partial charge in [0.1, 0.15) is 0 Å². The number of hydrogen-bond acceptors (Lipinski definition) is 3. The van der Waals surface area contributed by atoms with Crippen molar-refractivity contribution >= 4 is 17.6 Å². The number of carboxylic acid groups (broad SMARTS) is 1. The number of aromatic amines is 1. The van der Waals surface area contributed by atoms with E-state index >= 15 is 0 Å². The van der Waals surface area contributed by atoms with Gasteiger partial charge in [-0.15, -0.1) is 0 Å². The average molecular weight is 301 g/mol. The molecule has 1 aromatic heterocycles. The van der Waals surface area contributed by atoms with Gasteiger partial charge in [-0.1, -0.05) is 26.0 Å². The van der Waals surface area contributed by atoms with Crippen LogP contribution in [0.2, 0.25) is 0 Å². The summed E-state index contributed by atoms with van der Waals surface area (Å²) < 4.78 is 0. The molecule has 6 nitrogen and oxygen atoms in total. The van der Waals surface area contributed by atoms with Gasteiger partial charge in [-0.2, -0.15) is 5.10 Å². The predicted octanol–water partition coefficient (Wildman–Crippen LogP) is 2.97. The van der Waals surface area contributed by atoms with Crippen molar-refractivity contribution in [1.82, 2.24) is 10.2 Å². The average Bonchev–Trinajstić information content (AvgIpc) is 2.96. The smallest absolute Gasteiger partial charge is 0.310 e. The number of nitrogens with zero attached hydrogens (tertiary/aromatic N) is 1. The molecule has 1 amide bonds. The molecule has 1 atom stereocenters. The van der Waals surface area contributed by atoms with E-state index in [1.165, 1.54) is 0 Å². The number of nitrogens with one attached hydrogen (secondary N) is 2. The number of carboxylic acids is 1. The lowest BCUT2D eigenvalue weighted by atomic mass is 10.0. The van der Waals surface area contributed by atoms with E-state index in [9.17, 15) is 9.59 Å². The summed E-state index contributed by atoms with van der Waals surface area (Å²) in [5, 5.41) is 18.6. The fourth-order valence-corrected chi connectivity index (χ4v) is 1.97. The SMILES string of the molecule is CC(C)c1cc(C(=O)Nc2cccc(C(C)C(=O)O)c2)n[nH]1. The van der Waals surface area contributed by atoms with Crippen LogP contribution < -0.4 is 5.32 Å². The maximum atomic E-state index is 12.2. The third-order valence-electron chi connectivity index (χ3n) is 3.47. The Morgan fingerprint density at radius 3 is 2.55 bits per heavy atom. The molecule has 0 radical (unpaired) electrons. The number of aliphatic carboxylic acids is 1. The van der Waals surface area contributed by atoms with Gasteiger partial charge in [0, 0.05) is 11.4 Å². The summed E-state index contributed by atoms with van der Waals surface area (Å²) in [6.45, 7) is 5.61. The normalized spacial score (nSPS) is 12.2. The van der Waals surface area contributed by atoms with Crippen molar-refractivity contribution < 1.29 is 14.7 Å². The molecule has 116 valence electrons. The second-order valence-corrected chi connectivity index (χ2v) is 5.50. The maximum absolute atomic E-state index is 12.2. The largest absolute Gasteiger partial charge is 0.481 e. The molecule has 0 aliphatic carbocycles. The summed E-state index contributed by atoms with van der Waals surface area (Å²) in [4.78, 5) is 23.2. The highest BCUT2D eigenvalue weighted by molar-refractivity contribution is 6.03. The molecular formula is C16H19N3O3. The minimum Gasteiger partial charge on any atom is -0.481 e. The molecule has 0 bridgehead atoms. The van der Waals surface area contributed by atoms with Crippen LogP contribution in [0.1, 0.15) is 54.4 Å². The van der Waals surface area contributed by atoms with Crippen molar-refractivity contribution in [3.63, 3.8) is 0 Å². The summed E-state index contributed by atoms with van der Waals surface area (Å²) in [5.74, 6) is -1.61. The van der Waals surface area contributed by atoms with Crippen molar-refractivity contribution in [2.75, 3.05) is 5.32 Å². The summed E-state index contributed by atoms with van der Waals surface area (Å²) in [6.07, 6.45) is 0. The van der Waals surface area contributed by atoms with Gasteiger partial charge >= 0.3 is 5.97 Å². The van der Waals surface area contributed by atoms with Gasteiger partial charge in [0.2, 0.25) is 0 Å². The molecule has 1 unspecified atom stereocenters. The quantitative estimate of drug-likeness (QED) is 0.791. The lowest BCUT2D eigenvalue weighted by Crippen LogP contribution is -2.13. The minimum absolute atomic E-state index is 0.258. The number of H-pyrrole nitrogens is 1. The molecule has 0 saturated carbocycles. The van der Waals surface area contributed by atoms with Crippen LogP contribution in [0, 0.1) is 0 Å². The minimum atomic E-state index is -0.905. The monoisotopic (exact) mass is 301 g/mol. The van der Waals surface area contributed by atoms with E-state index < -0.39 is 11.9 Å². The van der Waals surface area contributed by atoms with Crippen LogP contribution in [0.3, 0.4) is 0 Å². The second-order valence-electron chi connectivity index (χ2n) is 5.50. The second kappa shape index (κ2) is 6.43. The van der Waals surface area contributed by atoms with Gasteiger partial charge in [-0.05, 0) is 36.6 Å². The molecule has 1 aromatic carbocycles. The van der Waals surface area contributed by atoms with Crippen LogP contribution in [0.5, 0.6) is 0 Å². The first-order chi connectivity index (χ1) is 10.4. The summed E-state index contributed by atoms with van der Waals surface area (Å²) in [5.41, 5.74) is 2.37. The third kappa shape index (κ3) is 3.52. The first-order valence-electron chi connectivity index (χ1n) is 7.08. The van der Waals surface area contributed by atoms with E-state index in [1.807, 2.05) is 13.8 Å². The standard InChI is InChI=1S/C16H19N3O3/c1-9(2)13-8-14(19-18-13)15(20)17-12-6-4-5-11(7-12)10(3)16(21)22/h4-10H,1-3H3,(H,17,20)(H,18,19)(H,21,22). The number of rotatable bonds is 5. The molecular weight excluding hydrogens is 282 g/mol. The molecule has 1 heterocycles. The number of carbonyl (C=O) groups excluding carboxylic acids is 1. The Morgan fingerprint density at radius 1 is 1.23 bits per heavy atom. The lowest BCUT2D eigenvalue weighted by molar-refractivity contribution is -0.138. The highest BCUT2D eigenvalue weighted by atomic mass is 16.4. The summed E-state index contributed by atoms with van der Waals surface area (Å²) >= 11 is 0. The van der Waals surface area contributed by atoms with Crippen molar-refractivity contribution in [3.8, 4) is 0 Å². The van der Waals surface area contributed by atoms with Gasteiger partial charge in [-0.25, -0.2) is 0 Å². The molecule has 0 saturated heterocycles. The van der Waals surface area contributed by atoms with Crippen LogP contribution in [0.15, 0.2) is 30.3 Å². The number of benzene rings is 1. The number of carbonyl (C=O) groups is 2. The highest BCUT2D eigenvalue weighted by Gasteiger charge is 2.16. The first kappa shape index (κ1) is 15.8. The summed E-state index contributed by atoms with van der Waals surface area (Å²) in [6, 6.07) is 8.52. The fourth-order valence-electron chi connectivity index (χ4n) is 1.97. The van der Waals surface area contributed by atoms with E-state index in [1.54, 1.807) is 37.3 Å². The molecule has 0 spiro atoms. The Morgan fingerprint density at radius 2 is 1.95 bits per heavy atom. The molecule has 22 heavy (non-hydrogen) atoms. The molecule has 0 aliphatic rings. The van der Waals surface area contributed by atoms with E-state index in [0.29, 0.717) is 16.9 Å². The molecule has 0 aliphatic heterocycles. The van der Waals surface area contributed by atoms with Gasteiger partial charge < -0.3 is 10.4 Å². The Labute approximate surface area is 128 Å². The van der Waals surface area contributed by atoms with Crippen molar-refractivity contribution in [2.24, 2.45) is 0 Å². The topological polar surface area (TPSA) is 95.1 Å². The molecule has 6 heteroatoms. The van der Waals surface area contributed by atoms with E-state index in [-0.39, 0.29) is 11.8 Å². The van der Waals surface area contributed by atoms with Gasteiger partial charge in [0.15, 0.2) is 5.69 Å². The zero-order valence-electron chi connectivity index (χ0n) is 12.8. The van der Waals surface area contributed by atoms with Gasteiger partial charge in [0.05, 0.1) is 5.92 Å². The molecule has 3 N–H and O–H groups in total. The highest BCUT2D eigenvalue weighted by Crippen LogP contribution is 2.20. The predicted molar refractivity (Wildman–Crippen MR) is 83.1 cm³/mol. The zero-order chi connectivity index (χ0) is 16.3. The molecule has 2 rings (SSSR count). The summed E-state index contributed by atoms with van der Waals surface area (Å²) in [7, 11) is 0. The van der Waals surface area contributed by atoms with Gasteiger partial charge in [0.25, 0.3) is 5.91 Å². The van der Waals surface area contributed by atoms with Crippen LogP contribution in [0.4, 0.5) is 5.69 Å². The Balaban J connectivity index is 2.14. The fraction of sp³-hybridized carbons (Fsp3) is 0.312. The third-order valence-corrected chi connectivity index (χ3v) is 3.47. The zero-order valence-corrected chi connectivity index (χ0v) is 12.8. The molecule has 0 fully saturated rings. The van der Waals surface area contributed by atoms with Crippen LogP contribution in [-0.2, 0) is 4.79 Å². The maximum Gasteiger partial charge on any atom is 0.310 e. The first-order valence-corrected chi connectivity index (χ1v) is 7.08. The van der Waals surface area contributed by atoms with E-state index in [4.69, 9.17) is 5.11 Å². The van der Waals surface area contributed by atoms with Crippen molar-refractivity contribution in [2.45, 2.75) is 32.6 Å². The van der Waals surface area contributed by atoms with E-state index in [2.05, 4.69) is 15.5 Å². The van der Waals surface area contributed by atoms with Crippen LogP contribution >= 0.6 is 0 Å².